The largest absolute Gasteiger partial charge is 0.461 e. The molecule has 0 radical (unpaired) electrons. The van der Waals surface area contributed by atoms with Crippen LogP contribution in [-0.4, -0.2) is 31.8 Å². The van der Waals surface area contributed by atoms with E-state index in [4.69, 9.17) is 11.3 Å². The minimum Gasteiger partial charge on any atom is -0.461 e. The van der Waals surface area contributed by atoms with Gasteiger partial charge in [-0.15, -0.1) is 0 Å². The Balaban J connectivity index is 2.11. The summed E-state index contributed by atoms with van der Waals surface area (Å²) >= 11 is 0. The number of anilines is 1. The van der Waals surface area contributed by atoms with E-state index in [2.05, 4.69) is 9.57 Å². The van der Waals surface area contributed by atoms with Crippen LogP contribution in [0.1, 0.15) is 23.1 Å². The van der Waals surface area contributed by atoms with Gasteiger partial charge >= 0.3 is 5.97 Å². The molecule has 0 saturated heterocycles. The van der Waals surface area contributed by atoms with Gasteiger partial charge in [0.25, 0.3) is 0 Å². The topological polar surface area (TPSA) is 81.8 Å². The van der Waals surface area contributed by atoms with Crippen LogP contribution in [0.5, 0.6) is 0 Å². The van der Waals surface area contributed by atoms with Crippen LogP contribution in [0.2, 0.25) is 0 Å². The Kier molecular flexibility index (Phi) is 6.18. The van der Waals surface area contributed by atoms with Crippen LogP contribution in [-0.2, 0) is 21.8 Å². The maximum absolute atomic E-state index is 12.6. The smallest absolute Gasteiger partial charge is 0.354 e. The van der Waals surface area contributed by atoms with Gasteiger partial charge in [-0.25, -0.2) is 18.1 Å². The Morgan fingerprint density at radius 2 is 1.74 bits per heavy atom. The van der Waals surface area contributed by atoms with Gasteiger partial charge in [0.05, 0.1) is 25.1 Å². The van der Waals surface area contributed by atoms with Crippen LogP contribution in [0, 0.1) is 13.5 Å². The highest BCUT2D eigenvalue weighted by molar-refractivity contribution is 7.92. The highest BCUT2D eigenvalue weighted by atomic mass is 32.2. The van der Waals surface area contributed by atoms with Crippen molar-refractivity contribution in [3.8, 4) is 22.3 Å². The molecule has 0 fully saturated rings. The first-order valence-corrected chi connectivity index (χ1v) is 11.5. The molecule has 0 atom stereocenters. The lowest BCUT2D eigenvalue weighted by molar-refractivity contribution is 0.0516. The fourth-order valence-electron chi connectivity index (χ4n) is 3.48. The molecule has 8 heteroatoms. The van der Waals surface area contributed by atoms with E-state index >= 15 is 0 Å². The standard InChI is InChI=1S/C23H23N3O4S/c1-6-30-23(27)22-20(21(24-3)15(2)26(22)4)17-13-11-16(12-14-17)18-9-7-8-10-19(18)25-31(5,28)29/h7-14,25H,6H2,1-2,4-5H3. The lowest BCUT2D eigenvalue weighted by Gasteiger charge is -2.12. The summed E-state index contributed by atoms with van der Waals surface area (Å²) in [5, 5.41) is 0. The van der Waals surface area contributed by atoms with Gasteiger partial charge in [0.1, 0.15) is 5.69 Å². The lowest BCUT2D eigenvalue weighted by atomic mass is 9.98. The molecule has 2 aromatic carbocycles. The zero-order valence-electron chi connectivity index (χ0n) is 17.8. The van der Waals surface area contributed by atoms with Gasteiger partial charge in [0.2, 0.25) is 15.7 Å². The number of hydrogen-bond acceptors (Lipinski definition) is 4. The van der Waals surface area contributed by atoms with Crippen LogP contribution >= 0.6 is 0 Å². The van der Waals surface area contributed by atoms with E-state index in [0.717, 1.165) is 17.4 Å². The van der Waals surface area contributed by atoms with Crippen molar-refractivity contribution in [1.29, 1.82) is 0 Å². The Bertz CT molecular complexity index is 1280. The van der Waals surface area contributed by atoms with Crippen LogP contribution in [0.3, 0.4) is 0 Å². The first-order valence-electron chi connectivity index (χ1n) is 9.59. The highest BCUT2D eigenvalue weighted by Crippen LogP contribution is 2.40. The van der Waals surface area contributed by atoms with E-state index < -0.39 is 16.0 Å². The molecule has 1 aromatic heterocycles. The molecular weight excluding hydrogens is 414 g/mol. The van der Waals surface area contributed by atoms with Crippen molar-refractivity contribution in [3.63, 3.8) is 0 Å². The number of ether oxygens (including phenoxy) is 1. The van der Waals surface area contributed by atoms with Crippen molar-refractivity contribution in [2.24, 2.45) is 7.05 Å². The van der Waals surface area contributed by atoms with Crippen molar-refractivity contribution in [1.82, 2.24) is 4.57 Å². The highest BCUT2D eigenvalue weighted by Gasteiger charge is 2.25. The van der Waals surface area contributed by atoms with Gasteiger partial charge in [-0.1, -0.05) is 42.5 Å². The predicted octanol–water partition coefficient (Wildman–Crippen LogP) is 4.77. The summed E-state index contributed by atoms with van der Waals surface area (Å²) in [6.45, 7) is 11.4. The summed E-state index contributed by atoms with van der Waals surface area (Å²) in [4.78, 5) is 16.2. The van der Waals surface area contributed by atoms with E-state index in [0.29, 0.717) is 33.9 Å². The molecule has 0 saturated carbocycles. The number of sulfonamides is 1. The monoisotopic (exact) mass is 437 g/mol. The van der Waals surface area contributed by atoms with E-state index in [-0.39, 0.29) is 6.61 Å². The molecule has 0 spiro atoms. The fourth-order valence-corrected chi connectivity index (χ4v) is 4.05. The number of carbonyl (C=O) groups is 1. The maximum Gasteiger partial charge on any atom is 0.354 e. The first-order chi connectivity index (χ1) is 14.7. The number of nitrogens with zero attached hydrogens (tertiary/aromatic N) is 2. The van der Waals surface area contributed by atoms with Gasteiger partial charge in [-0.05, 0) is 31.0 Å². The molecule has 0 aliphatic rings. The first kappa shape index (κ1) is 22.1. The van der Waals surface area contributed by atoms with Crippen LogP contribution in [0.4, 0.5) is 11.4 Å². The number of benzene rings is 2. The van der Waals surface area contributed by atoms with Crippen LogP contribution < -0.4 is 4.72 Å². The van der Waals surface area contributed by atoms with E-state index in [1.807, 2.05) is 36.4 Å². The van der Waals surface area contributed by atoms with Crippen LogP contribution in [0.15, 0.2) is 48.5 Å². The fraction of sp³-hybridized carbons (Fsp3) is 0.217. The molecule has 0 bridgehead atoms. The van der Waals surface area contributed by atoms with Gasteiger partial charge in [0.15, 0.2) is 0 Å². The van der Waals surface area contributed by atoms with Gasteiger partial charge in [0, 0.05) is 23.9 Å². The number of aromatic nitrogens is 1. The third-order valence-corrected chi connectivity index (χ3v) is 5.53. The normalized spacial score (nSPS) is 11.1. The second-order valence-electron chi connectivity index (χ2n) is 7.05. The summed E-state index contributed by atoms with van der Waals surface area (Å²) in [7, 11) is -1.69. The molecule has 31 heavy (non-hydrogen) atoms. The van der Waals surface area contributed by atoms with Crippen molar-refractivity contribution in [2.45, 2.75) is 13.8 Å². The minimum atomic E-state index is -3.43. The molecule has 0 unspecified atom stereocenters. The molecule has 3 aromatic rings. The third-order valence-electron chi connectivity index (χ3n) is 4.94. The second kappa shape index (κ2) is 8.66. The van der Waals surface area contributed by atoms with E-state index in [9.17, 15) is 13.2 Å². The van der Waals surface area contributed by atoms with Crippen LogP contribution in [0.25, 0.3) is 27.1 Å². The van der Waals surface area contributed by atoms with Crippen molar-refractivity contribution in [2.75, 3.05) is 17.6 Å². The lowest BCUT2D eigenvalue weighted by Crippen LogP contribution is -2.11. The Morgan fingerprint density at radius 3 is 2.32 bits per heavy atom. The molecular formula is C23H23N3O4S. The predicted molar refractivity (Wildman–Crippen MR) is 122 cm³/mol. The molecule has 7 nitrogen and oxygen atoms in total. The maximum atomic E-state index is 12.6. The summed E-state index contributed by atoms with van der Waals surface area (Å²) in [6.07, 6.45) is 1.10. The van der Waals surface area contributed by atoms with Gasteiger partial charge < -0.3 is 9.30 Å². The second-order valence-corrected chi connectivity index (χ2v) is 8.79. The quantitative estimate of drug-likeness (QED) is 0.445. The summed E-state index contributed by atoms with van der Waals surface area (Å²) in [6, 6.07) is 14.4. The zero-order valence-corrected chi connectivity index (χ0v) is 18.6. The third kappa shape index (κ3) is 4.47. The SMILES string of the molecule is [C-]#[N+]c1c(-c2ccc(-c3ccccc3NS(C)(=O)=O)cc2)c(C(=O)OCC)n(C)c1C. The average Bonchev–Trinajstić information content (AvgIpc) is 2.98. The molecule has 0 aliphatic heterocycles. The van der Waals surface area contributed by atoms with Crippen molar-refractivity contribution >= 4 is 27.4 Å². The van der Waals surface area contributed by atoms with E-state index in [1.54, 1.807) is 37.6 Å². The number of carbonyl (C=O) groups excluding carboxylic acids is 1. The van der Waals surface area contributed by atoms with Gasteiger partial charge in [-0.3, -0.25) is 4.72 Å². The van der Waals surface area contributed by atoms with Crippen molar-refractivity contribution in [3.05, 3.63) is 71.3 Å². The summed E-state index contributed by atoms with van der Waals surface area (Å²) in [5.74, 6) is -0.482. The Hall–Kier alpha value is -3.57. The summed E-state index contributed by atoms with van der Waals surface area (Å²) in [5.41, 5.74) is 4.64. The average molecular weight is 438 g/mol. The Morgan fingerprint density at radius 1 is 1.13 bits per heavy atom. The molecule has 3 rings (SSSR count). The van der Waals surface area contributed by atoms with Crippen molar-refractivity contribution < 1.29 is 17.9 Å². The zero-order chi connectivity index (χ0) is 22.8. The summed E-state index contributed by atoms with van der Waals surface area (Å²) < 4.78 is 32.8. The minimum absolute atomic E-state index is 0.235. The molecule has 1 heterocycles. The Labute approximate surface area is 182 Å². The van der Waals surface area contributed by atoms with Gasteiger partial charge in [-0.2, -0.15) is 0 Å². The molecule has 160 valence electrons. The number of esters is 1. The van der Waals surface area contributed by atoms with E-state index in [1.165, 1.54) is 0 Å². The number of para-hydroxylation sites is 1. The molecule has 0 amide bonds. The number of hydrogen-bond donors (Lipinski definition) is 1. The molecule has 0 aliphatic carbocycles. The number of rotatable bonds is 6. The molecule has 1 N–H and O–H groups in total. The number of nitrogens with one attached hydrogen (secondary N) is 1.